The summed E-state index contributed by atoms with van der Waals surface area (Å²) in [7, 11) is 4.99. The van der Waals surface area contributed by atoms with E-state index in [1.165, 1.54) is 0 Å². The van der Waals surface area contributed by atoms with E-state index in [4.69, 9.17) is 24.2 Å². The van der Waals surface area contributed by atoms with Crippen molar-refractivity contribution in [3.63, 3.8) is 0 Å². The van der Waals surface area contributed by atoms with Crippen molar-refractivity contribution in [1.82, 2.24) is 14.5 Å². The number of rotatable bonds is 9. The molecule has 8 heteroatoms. The van der Waals surface area contributed by atoms with Crippen molar-refractivity contribution in [1.29, 1.82) is 0 Å². The predicted octanol–water partition coefficient (Wildman–Crippen LogP) is 5.12. The molecule has 4 rings (SSSR count). The Labute approximate surface area is 183 Å². The Morgan fingerprint density at radius 3 is 2.63 bits per heavy atom. The Bertz CT molecular complexity index is 1140. The quantitative estimate of drug-likeness (QED) is 0.336. The van der Waals surface area contributed by atoms with Crippen LogP contribution < -0.4 is 9.47 Å². The number of fused-ring (bicyclic) bond motifs is 1. The van der Waals surface area contributed by atoms with Crippen LogP contribution in [0.2, 0.25) is 0 Å². The minimum atomic E-state index is 0.647. The zero-order valence-electron chi connectivity index (χ0n) is 17.1. The molecule has 2 aromatic heterocycles. The molecule has 2 heterocycles. The number of ether oxygens (including phenoxy) is 3. The van der Waals surface area contributed by atoms with Crippen LogP contribution in [-0.4, -0.2) is 42.5 Å². The first kappa shape index (κ1) is 20.7. The van der Waals surface area contributed by atoms with Crippen molar-refractivity contribution < 1.29 is 14.2 Å². The molecular weight excluding hydrogens is 418 g/mol. The lowest BCUT2D eigenvalue weighted by Gasteiger charge is -2.08. The summed E-state index contributed by atoms with van der Waals surface area (Å²) in [5.41, 5.74) is 4.17. The zero-order valence-corrected chi connectivity index (χ0v) is 18.8. The summed E-state index contributed by atoms with van der Waals surface area (Å²) >= 11 is 3.32. The summed E-state index contributed by atoms with van der Waals surface area (Å²) in [6.07, 6.45) is 0. The van der Waals surface area contributed by atoms with Crippen LogP contribution in [0.4, 0.5) is 0 Å². The molecule has 156 valence electrons. The fourth-order valence-electron chi connectivity index (χ4n) is 3.18. The lowest BCUT2D eigenvalue weighted by Crippen LogP contribution is -2.05. The predicted molar refractivity (Wildman–Crippen MR) is 122 cm³/mol. The Balaban J connectivity index is 1.52. The number of imidazole rings is 1. The van der Waals surface area contributed by atoms with Crippen LogP contribution >= 0.6 is 23.1 Å². The van der Waals surface area contributed by atoms with Crippen molar-refractivity contribution in [3.8, 4) is 22.1 Å². The van der Waals surface area contributed by atoms with Crippen LogP contribution in [0.5, 0.6) is 11.5 Å². The fourth-order valence-corrected chi connectivity index (χ4v) is 5.03. The largest absolute Gasteiger partial charge is 0.493 e. The molecular formula is C22H23N3O3S2. The van der Waals surface area contributed by atoms with Crippen LogP contribution in [-0.2, 0) is 17.0 Å². The molecule has 0 fully saturated rings. The van der Waals surface area contributed by atoms with Crippen molar-refractivity contribution in [2.45, 2.75) is 17.5 Å². The summed E-state index contributed by atoms with van der Waals surface area (Å²) in [5, 5.41) is 4.04. The van der Waals surface area contributed by atoms with Gasteiger partial charge in [-0.05, 0) is 30.3 Å². The molecule has 0 spiro atoms. The first-order valence-electron chi connectivity index (χ1n) is 9.47. The van der Waals surface area contributed by atoms with Gasteiger partial charge in [0.15, 0.2) is 16.7 Å². The van der Waals surface area contributed by atoms with E-state index in [1.807, 2.05) is 36.4 Å². The molecule has 0 saturated carbocycles. The molecule has 0 bridgehead atoms. The molecule has 4 aromatic rings. The van der Waals surface area contributed by atoms with Gasteiger partial charge in [-0.25, -0.2) is 9.97 Å². The third kappa shape index (κ3) is 4.30. The molecule has 0 radical (unpaired) electrons. The summed E-state index contributed by atoms with van der Waals surface area (Å²) in [6, 6.07) is 14.1. The minimum absolute atomic E-state index is 0.647. The zero-order chi connectivity index (χ0) is 20.9. The lowest BCUT2D eigenvalue weighted by atomic mass is 10.2. The van der Waals surface area contributed by atoms with Crippen LogP contribution in [0.1, 0.15) is 5.69 Å². The van der Waals surface area contributed by atoms with E-state index in [9.17, 15) is 0 Å². The molecule has 0 aliphatic heterocycles. The van der Waals surface area contributed by atoms with Gasteiger partial charge in [0.25, 0.3) is 0 Å². The van der Waals surface area contributed by atoms with Crippen LogP contribution in [0.25, 0.3) is 21.6 Å². The van der Waals surface area contributed by atoms with E-state index in [2.05, 4.69) is 16.0 Å². The smallest absolute Gasteiger partial charge is 0.169 e. The van der Waals surface area contributed by atoms with E-state index in [0.717, 1.165) is 44.8 Å². The molecule has 0 unspecified atom stereocenters. The van der Waals surface area contributed by atoms with Gasteiger partial charge in [0.1, 0.15) is 5.01 Å². The highest BCUT2D eigenvalue weighted by molar-refractivity contribution is 7.98. The average Bonchev–Trinajstić information content (AvgIpc) is 3.40. The molecule has 30 heavy (non-hydrogen) atoms. The third-order valence-electron chi connectivity index (χ3n) is 4.67. The summed E-state index contributed by atoms with van der Waals surface area (Å²) < 4.78 is 18.2. The topological polar surface area (TPSA) is 58.4 Å². The highest BCUT2D eigenvalue weighted by atomic mass is 32.2. The monoisotopic (exact) mass is 441 g/mol. The first-order chi connectivity index (χ1) is 14.7. The van der Waals surface area contributed by atoms with Gasteiger partial charge >= 0.3 is 0 Å². The average molecular weight is 442 g/mol. The number of hydrogen-bond donors (Lipinski definition) is 0. The Kier molecular flexibility index (Phi) is 6.56. The number of thiazole rings is 1. The molecule has 0 amide bonds. The maximum Gasteiger partial charge on any atom is 0.169 e. The van der Waals surface area contributed by atoms with Gasteiger partial charge in [-0.2, -0.15) is 0 Å². The van der Waals surface area contributed by atoms with Crippen LogP contribution in [0, 0.1) is 0 Å². The Morgan fingerprint density at radius 2 is 1.83 bits per heavy atom. The second-order valence-corrected chi connectivity index (χ2v) is 8.33. The maximum atomic E-state index is 5.41. The van der Waals surface area contributed by atoms with E-state index in [0.29, 0.717) is 18.1 Å². The molecule has 0 aliphatic rings. The number of methoxy groups -OCH3 is 3. The van der Waals surface area contributed by atoms with Crippen LogP contribution in [0.15, 0.2) is 53.0 Å². The number of aromatic nitrogens is 3. The molecule has 0 saturated heterocycles. The number of hydrogen-bond acceptors (Lipinski definition) is 7. The standard InChI is InChI=1S/C22H23N3O3S2/c1-26-11-10-25-18-7-5-4-6-17(18)24-22(25)30-14-16-13-29-21(23-16)15-8-9-19(27-2)20(12-15)28-3/h4-9,12-13H,10-11,14H2,1-3H3. The van der Waals surface area contributed by atoms with Gasteiger partial charge in [0.05, 0.1) is 37.6 Å². The summed E-state index contributed by atoms with van der Waals surface area (Å²) in [5.74, 6) is 2.16. The number of nitrogens with zero attached hydrogens (tertiary/aromatic N) is 3. The van der Waals surface area contributed by atoms with Gasteiger partial charge < -0.3 is 18.8 Å². The van der Waals surface area contributed by atoms with Crippen molar-refractivity contribution in [2.75, 3.05) is 27.9 Å². The van der Waals surface area contributed by atoms with E-state index >= 15 is 0 Å². The minimum Gasteiger partial charge on any atom is -0.493 e. The second-order valence-electron chi connectivity index (χ2n) is 6.53. The fraction of sp³-hybridized carbons (Fsp3) is 0.273. The van der Waals surface area contributed by atoms with Crippen molar-refractivity contribution >= 4 is 34.1 Å². The van der Waals surface area contributed by atoms with Crippen molar-refractivity contribution in [2.24, 2.45) is 0 Å². The van der Waals surface area contributed by atoms with Gasteiger partial charge in [0, 0.05) is 30.4 Å². The van der Waals surface area contributed by atoms with Crippen molar-refractivity contribution in [3.05, 3.63) is 53.5 Å². The van der Waals surface area contributed by atoms with E-state index < -0.39 is 0 Å². The summed E-state index contributed by atoms with van der Waals surface area (Å²) in [6.45, 7) is 1.42. The number of benzene rings is 2. The molecule has 0 atom stereocenters. The molecule has 0 aliphatic carbocycles. The third-order valence-corrected chi connectivity index (χ3v) is 6.62. The normalized spacial score (nSPS) is 11.2. The first-order valence-corrected chi connectivity index (χ1v) is 11.3. The number of para-hydroxylation sites is 2. The SMILES string of the molecule is COCCn1c(SCc2csc(-c3ccc(OC)c(OC)c3)n2)nc2ccccc21. The molecule has 0 N–H and O–H groups in total. The van der Waals surface area contributed by atoms with Gasteiger partial charge in [0.2, 0.25) is 0 Å². The molecule has 6 nitrogen and oxygen atoms in total. The lowest BCUT2D eigenvalue weighted by molar-refractivity contribution is 0.186. The maximum absolute atomic E-state index is 5.41. The Hall–Kier alpha value is -2.55. The summed E-state index contributed by atoms with van der Waals surface area (Å²) in [4.78, 5) is 9.61. The Morgan fingerprint density at radius 1 is 1.00 bits per heavy atom. The second kappa shape index (κ2) is 9.51. The van der Waals surface area contributed by atoms with Crippen LogP contribution in [0.3, 0.4) is 0 Å². The molecule has 2 aromatic carbocycles. The number of thioether (sulfide) groups is 1. The van der Waals surface area contributed by atoms with Gasteiger partial charge in [-0.3, -0.25) is 0 Å². The van der Waals surface area contributed by atoms with E-state index in [-0.39, 0.29) is 0 Å². The van der Waals surface area contributed by atoms with E-state index in [1.54, 1.807) is 44.4 Å². The van der Waals surface area contributed by atoms with Gasteiger partial charge in [-0.15, -0.1) is 11.3 Å². The van der Waals surface area contributed by atoms with Gasteiger partial charge in [-0.1, -0.05) is 23.9 Å². The highest BCUT2D eigenvalue weighted by Gasteiger charge is 2.13. The highest BCUT2D eigenvalue weighted by Crippen LogP contribution is 2.34.